The van der Waals surface area contributed by atoms with Gasteiger partial charge in [0.05, 0.1) is 25.7 Å². The topological polar surface area (TPSA) is 161 Å². The molecule has 1 fully saturated rings. The van der Waals surface area contributed by atoms with Gasteiger partial charge in [0.25, 0.3) is 11.8 Å². The van der Waals surface area contributed by atoms with Crippen LogP contribution in [0.5, 0.6) is 0 Å². The van der Waals surface area contributed by atoms with Crippen LogP contribution in [0.15, 0.2) is 53.9 Å². The normalized spacial score (nSPS) is 19.9. The van der Waals surface area contributed by atoms with Crippen molar-refractivity contribution in [2.75, 3.05) is 26.8 Å². The average Bonchev–Trinajstić information content (AvgIpc) is 3.70. The summed E-state index contributed by atoms with van der Waals surface area (Å²) in [5, 5.41) is 25.3. The Balaban J connectivity index is 1.26. The van der Waals surface area contributed by atoms with E-state index in [0.29, 0.717) is 16.0 Å². The van der Waals surface area contributed by atoms with Gasteiger partial charge >= 0.3 is 6.09 Å². The first kappa shape index (κ1) is 32.6. The van der Waals surface area contributed by atoms with Crippen LogP contribution in [0.25, 0.3) is 11.1 Å². The van der Waals surface area contributed by atoms with Crippen LogP contribution < -0.4 is 16.0 Å². The molecule has 46 heavy (non-hydrogen) atoms. The number of methoxy groups -OCH3 is 1. The lowest BCUT2D eigenvalue weighted by Crippen LogP contribution is -2.49. The zero-order valence-corrected chi connectivity index (χ0v) is 25.5. The number of halogens is 3. The van der Waals surface area contributed by atoms with E-state index in [1.807, 2.05) is 5.32 Å². The Kier molecular flexibility index (Phi) is 8.91. The van der Waals surface area contributed by atoms with Crippen LogP contribution in [0.3, 0.4) is 0 Å². The molecule has 1 aliphatic heterocycles. The molecular formula is C31H30F3N5O6S. The summed E-state index contributed by atoms with van der Waals surface area (Å²) in [6.45, 7) is 0.217. The Morgan fingerprint density at radius 3 is 2.52 bits per heavy atom. The highest BCUT2D eigenvalue weighted by atomic mass is 32.1. The van der Waals surface area contributed by atoms with Gasteiger partial charge in [0.2, 0.25) is 11.8 Å². The maximum atomic E-state index is 15.6. The molecule has 3 aromatic rings. The predicted octanol–water partition coefficient (Wildman–Crippen LogP) is 4.02. The molecule has 5 N–H and O–H groups in total. The highest BCUT2D eigenvalue weighted by Gasteiger charge is 2.50. The van der Waals surface area contributed by atoms with Crippen molar-refractivity contribution in [3.63, 3.8) is 0 Å². The second-order valence-electron chi connectivity index (χ2n) is 11.2. The van der Waals surface area contributed by atoms with Crippen LogP contribution in [-0.2, 0) is 20.2 Å². The lowest BCUT2D eigenvalue weighted by atomic mass is 10.0. The summed E-state index contributed by atoms with van der Waals surface area (Å²) in [5.41, 5.74) is -1.57. The molecule has 242 valence electrons. The van der Waals surface area contributed by atoms with Gasteiger partial charge in [-0.1, -0.05) is 30.3 Å². The molecule has 2 aromatic carbocycles. The first-order valence-corrected chi connectivity index (χ1v) is 15.0. The number of nitrogens with one attached hydrogen (secondary N) is 4. The van der Waals surface area contributed by atoms with E-state index in [2.05, 4.69) is 10.6 Å². The van der Waals surface area contributed by atoms with Crippen molar-refractivity contribution in [2.24, 2.45) is 0 Å². The molecule has 1 aromatic heterocycles. The second-order valence-corrected chi connectivity index (χ2v) is 12.1. The monoisotopic (exact) mass is 657 g/mol. The molecule has 15 heteroatoms. The van der Waals surface area contributed by atoms with Gasteiger partial charge in [0.1, 0.15) is 11.9 Å². The first-order valence-electron chi connectivity index (χ1n) is 14.1. The molecule has 0 radical (unpaired) electrons. The van der Waals surface area contributed by atoms with Crippen LogP contribution in [0.1, 0.15) is 51.3 Å². The lowest BCUT2D eigenvalue weighted by Gasteiger charge is -2.25. The van der Waals surface area contributed by atoms with Crippen LogP contribution in [0.4, 0.5) is 18.0 Å². The molecule has 1 aliphatic carbocycles. The van der Waals surface area contributed by atoms with Crippen molar-refractivity contribution < 1.29 is 42.2 Å². The molecular weight excluding hydrogens is 627 g/mol. The maximum Gasteiger partial charge on any atom is 0.410 e. The number of carbonyl (C=O) groups is 4. The van der Waals surface area contributed by atoms with E-state index >= 15 is 4.39 Å². The number of carboxylic acid groups (broad SMARTS) is 1. The second kappa shape index (κ2) is 12.6. The Hall–Kier alpha value is -4.76. The van der Waals surface area contributed by atoms with E-state index in [1.165, 1.54) is 54.8 Å². The van der Waals surface area contributed by atoms with Crippen molar-refractivity contribution in [1.82, 2.24) is 20.9 Å². The summed E-state index contributed by atoms with van der Waals surface area (Å²) in [5.74, 6) is -5.66. The van der Waals surface area contributed by atoms with E-state index < -0.39 is 60.6 Å². The number of hydrogen-bond donors (Lipinski definition) is 5. The van der Waals surface area contributed by atoms with Gasteiger partial charge in [0.15, 0.2) is 5.67 Å². The van der Waals surface area contributed by atoms with E-state index in [4.69, 9.17) is 15.3 Å². The summed E-state index contributed by atoms with van der Waals surface area (Å²) >= 11 is 1.17. The van der Waals surface area contributed by atoms with Crippen molar-refractivity contribution in [1.29, 1.82) is 5.41 Å². The minimum Gasteiger partial charge on any atom is -0.465 e. The zero-order chi connectivity index (χ0) is 33.4. The number of fused-ring (bicyclic) bond motifs is 3. The zero-order valence-electron chi connectivity index (χ0n) is 24.7. The quantitative estimate of drug-likeness (QED) is 0.173. The number of rotatable bonds is 9. The van der Waals surface area contributed by atoms with Gasteiger partial charge in [0, 0.05) is 46.0 Å². The molecule has 4 amide bonds. The van der Waals surface area contributed by atoms with E-state index in [1.54, 1.807) is 24.4 Å². The standard InChI is InChI=1S/C31H30F3N5O6S/c1-16(24-10-18(13-46-24)26(35)38-29(43)44)37-28(42)23-11-30(32,15-45-2)14-39(23)25(40)12-36-27(41)17-7-8-22-20(9-17)19-5-3-4-6-21(19)31(22,33)34/h3-10,13,16,23H,11-12,14-15H2,1-2H3,(H2,35,38)(H,36,41)(H,37,42)(H,43,44)/t16-,23+,30-/m1/s1. The number of benzene rings is 2. The Bertz CT molecular complexity index is 1730. The fourth-order valence-corrected chi connectivity index (χ4v) is 6.65. The molecule has 1 saturated heterocycles. The van der Waals surface area contributed by atoms with Crippen LogP contribution >= 0.6 is 11.3 Å². The molecule has 3 atom stereocenters. The summed E-state index contributed by atoms with van der Waals surface area (Å²) in [6, 6.07) is 9.43. The third-order valence-electron chi connectivity index (χ3n) is 7.92. The van der Waals surface area contributed by atoms with Gasteiger partial charge < -0.3 is 25.4 Å². The summed E-state index contributed by atoms with van der Waals surface area (Å²) < 4.78 is 50.4. The molecule has 0 unspecified atom stereocenters. The van der Waals surface area contributed by atoms with Gasteiger partial charge in [-0.15, -0.1) is 11.3 Å². The van der Waals surface area contributed by atoms with Crippen molar-refractivity contribution in [3.8, 4) is 11.1 Å². The molecule has 5 rings (SSSR count). The smallest absolute Gasteiger partial charge is 0.410 e. The van der Waals surface area contributed by atoms with Crippen LogP contribution in [-0.4, -0.2) is 78.2 Å². The number of likely N-dealkylation sites (tertiary alicyclic amines) is 1. The SMILES string of the molecule is COC[C@@]1(F)C[C@@H](C(=O)N[C@H](C)c2cc(C(=N)NC(=O)O)cs2)N(C(=O)CNC(=O)c2ccc3c(c2)-c2ccccc2C3(F)F)C1. The lowest BCUT2D eigenvalue weighted by molar-refractivity contribution is -0.138. The highest BCUT2D eigenvalue weighted by Crippen LogP contribution is 2.50. The van der Waals surface area contributed by atoms with Gasteiger partial charge in [-0.05, 0) is 36.2 Å². The average molecular weight is 658 g/mol. The van der Waals surface area contributed by atoms with Crippen LogP contribution in [0.2, 0.25) is 0 Å². The molecule has 11 nitrogen and oxygen atoms in total. The summed E-state index contributed by atoms with van der Waals surface area (Å²) in [7, 11) is 1.29. The van der Waals surface area contributed by atoms with E-state index in [9.17, 15) is 28.0 Å². The van der Waals surface area contributed by atoms with Gasteiger partial charge in [-0.3, -0.25) is 25.1 Å². The van der Waals surface area contributed by atoms with Gasteiger partial charge in [-0.25, -0.2) is 9.18 Å². The number of amides is 4. The van der Waals surface area contributed by atoms with Crippen molar-refractivity contribution >= 4 is 41.0 Å². The molecule has 0 spiro atoms. The van der Waals surface area contributed by atoms with E-state index in [0.717, 1.165) is 4.90 Å². The number of ether oxygens (including phenoxy) is 1. The molecule has 2 heterocycles. The Labute approximate surface area is 265 Å². The molecule has 0 saturated carbocycles. The highest BCUT2D eigenvalue weighted by molar-refractivity contribution is 7.10. The van der Waals surface area contributed by atoms with Crippen molar-refractivity contribution in [3.05, 3.63) is 81.0 Å². The minimum absolute atomic E-state index is 0.0461. The largest absolute Gasteiger partial charge is 0.465 e. The summed E-state index contributed by atoms with van der Waals surface area (Å²) in [4.78, 5) is 52.1. The number of nitrogens with zero attached hydrogens (tertiary/aromatic N) is 1. The fourth-order valence-electron chi connectivity index (χ4n) is 5.75. The summed E-state index contributed by atoms with van der Waals surface area (Å²) in [6.07, 6.45) is -1.75. The third-order valence-corrected chi connectivity index (χ3v) is 9.03. The van der Waals surface area contributed by atoms with Gasteiger partial charge in [-0.2, -0.15) is 8.78 Å². The number of thiophene rings is 1. The maximum absolute atomic E-state index is 15.6. The number of carbonyl (C=O) groups excluding carboxylic acids is 3. The predicted molar refractivity (Wildman–Crippen MR) is 162 cm³/mol. The fraction of sp³-hybridized carbons (Fsp3) is 0.323. The number of alkyl halides is 3. The minimum atomic E-state index is -3.22. The molecule has 0 bridgehead atoms. The first-order chi connectivity index (χ1) is 21.7. The van der Waals surface area contributed by atoms with Crippen molar-refractivity contribution in [2.45, 2.75) is 37.0 Å². The number of amidine groups is 1. The molecule has 2 aliphatic rings. The third kappa shape index (κ3) is 6.33. The Morgan fingerprint density at radius 2 is 1.80 bits per heavy atom. The Morgan fingerprint density at radius 1 is 1.09 bits per heavy atom. The van der Waals surface area contributed by atoms with E-state index in [-0.39, 0.29) is 41.1 Å². The number of hydrogen-bond acceptors (Lipinski definition) is 7. The van der Waals surface area contributed by atoms with Crippen LogP contribution in [0, 0.1) is 5.41 Å².